The number of hydroxylamine groups is 1. The molecule has 2 rings (SSSR count). The van der Waals surface area contributed by atoms with Gasteiger partial charge >= 0.3 is 0 Å². The molecule has 0 saturated heterocycles. The number of hydrogen-bond donors (Lipinski definition) is 1. The molecule has 0 radical (unpaired) electrons. The molecule has 1 aliphatic heterocycles. The zero-order chi connectivity index (χ0) is 15.0. The van der Waals surface area contributed by atoms with Gasteiger partial charge in [-0.3, -0.25) is 0 Å². The Labute approximate surface area is 122 Å². The normalized spacial score (nSPS) is 18.8. The van der Waals surface area contributed by atoms with Crippen molar-refractivity contribution in [2.75, 3.05) is 13.7 Å². The van der Waals surface area contributed by atoms with Crippen molar-refractivity contribution in [1.82, 2.24) is 5.48 Å². The van der Waals surface area contributed by atoms with Gasteiger partial charge in [0.25, 0.3) is 0 Å². The molecule has 112 valence electrons. The molecule has 0 aromatic heterocycles. The third kappa shape index (κ3) is 3.33. The van der Waals surface area contributed by atoms with Crippen LogP contribution in [0.5, 0.6) is 5.75 Å². The molecule has 3 nitrogen and oxygen atoms in total. The second-order valence-corrected chi connectivity index (χ2v) is 7.56. The van der Waals surface area contributed by atoms with Crippen LogP contribution in [0.2, 0.25) is 0 Å². The standard InChI is InChI=1S/C17H27NO2/c1-16(2,3)11-17(4,5)12-7-8-15-13(9-12)14(10-20-15)18-19-6/h7-9,14,18H,10-11H2,1-6H3. The highest BCUT2D eigenvalue weighted by Crippen LogP contribution is 2.40. The minimum absolute atomic E-state index is 0.125. The van der Waals surface area contributed by atoms with E-state index in [1.165, 1.54) is 11.1 Å². The Morgan fingerprint density at radius 3 is 2.55 bits per heavy atom. The SMILES string of the molecule is CONC1COc2ccc(C(C)(C)CC(C)(C)C)cc21. The minimum Gasteiger partial charge on any atom is -0.491 e. The summed E-state index contributed by atoms with van der Waals surface area (Å²) in [6.07, 6.45) is 1.14. The Kier molecular flexibility index (Phi) is 4.12. The van der Waals surface area contributed by atoms with Gasteiger partial charge in [0.15, 0.2) is 0 Å². The number of rotatable bonds is 4. The highest BCUT2D eigenvalue weighted by Gasteiger charge is 2.30. The highest BCUT2D eigenvalue weighted by atomic mass is 16.6. The number of ether oxygens (including phenoxy) is 1. The summed E-state index contributed by atoms with van der Waals surface area (Å²) in [6, 6.07) is 6.68. The molecule has 0 aliphatic carbocycles. The first-order valence-corrected chi connectivity index (χ1v) is 7.29. The van der Waals surface area contributed by atoms with Gasteiger partial charge in [-0.25, -0.2) is 0 Å². The number of fused-ring (bicyclic) bond motifs is 1. The Balaban J connectivity index is 2.29. The van der Waals surface area contributed by atoms with Crippen molar-refractivity contribution in [1.29, 1.82) is 0 Å². The molecule has 20 heavy (non-hydrogen) atoms. The average Bonchev–Trinajstić information content (AvgIpc) is 2.69. The molecule has 1 aliphatic rings. The van der Waals surface area contributed by atoms with Crippen LogP contribution in [0.4, 0.5) is 0 Å². The molecular weight excluding hydrogens is 250 g/mol. The van der Waals surface area contributed by atoms with E-state index in [1.807, 2.05) is 0 Å². The fraction of sp³-hybridized carbons (Fsp3) is 0.647. The average molecular weight is 277 g/mol. The van der Waals surface area contributed by atoms with Crippen LogP contribution in [0.25, 0.3) is 0 Å². The summed E-state index contributed by atoms with van der Waals surface area (Å²) in [7, 11) is 1.64. The van der Waals surface area contributed by atoms with Gasteiger partial charge in [0.05, 0.1) is 13.2 Å². The first-order chi connectivity index (χ1) is 9.23. The quantitative estimate of drug-likeness (QED) is 0.844. The van der Waals surface area contributed by atoms with Crippen molar-refractivity contribution in [2.45, 2.75) is 52.5 Å². The van der Waals surface area contributed by atoms with E-state index in [1.54, 1.807) is 7.11 Å². The fourth-order valence-corrected chi connectivity index (χ4v) is 3.30. The summed E-state index contributed by atoms with van der Waals surface area (Å²) >= 11 is 0. The van der Waals surface area contributed by atoms with Crippen molar-refractivity contribution in [3.8, 4) is 5.75 Å². The maximum absolute atomic E-state index is 5.69. The summed E-state index contributed by atoms with van der Waals surface area (Å²) in [4.78, 5) is 5.06. The molecule has 1 N–H and O–H groups in total. The molecule has 1 heterocycles. The molecule has 0 fully saturated rings. The van der Waals surface area contributed by atoms with Crippen LogP contribution in [0.15, 0.2) is 18.2 Å². The second kappa shape index (κ2) is 5.38. The number of hydrogen-bond acceptors (Lipinski definition) is 3. The summed E-state index contributed by atoms with van der Waals surface area (Å²) in [5, 5.41) is 0. The van der Waals surface area contributed by atoms with E-state index in [0.717, 1.165) is 12.2 Å². The van der Waals surface area contributed by atoms with Crippen molar-refractivity contribution in [2.24, 2.45) is 5.41 Å². The summed E-state index contributed by atoms with van der Waals surface area (Å²) in [5.74, 6) is 0.967. The van der Waals surface area contributed by atoms with Gasteiger partial charge in [-0.1, -0.05) is 40.7 Å². The van der Waals surface area contributed by atoms with Crippen LogP contribution in [0.3, 0.4) is 0 Å². The number of nitrogens with one attached hydrogen (secondary N) is 1. The molecule has 1 aromatic carbocycles. The van der Waals surface area contributed by atoms with Crippen molar-refractivity contribution < 1.29 is 9.57 Å². The van der Waals surface area contributed by atoms with Crippen molar-refractivity contribution in [3.05, 3.63) is 29.3 Å². The van der Waals surface area contributed by atoms with E-state index < -0.39 is 0 Å². The Morgan fingerprint density at radius 2 is 1.95 bits per heavy atom. The van der Waals surface area contributed by atoms with Crippen molar-refractivity contribution in [3.63, 3.8) is 0 Å². The highest BCUT2D eigenvalue weighted by molar-refractivity contribution is 5.44. The van der Waals surface area contributed by atoms with E-state index in [2.05, 4.69) is 58.3 Å². The van der Waals surface area contributed by atoms with Crippen LogP contribution in [0, 0.1) is 5.41 Å². The van der Waals surface area contributed by atoms with Crippen LogP contribution in [-0.4, -0.2) is 13.7 Å². The van der Waals surface area contributed by atoms with Gasteiger partial charge in [-0.05, 0) is 34.9 Å². The molecule has 1 unspecified atom stereocenters. The van der Waals surface area contributed by atoms with E-state index in [-0.39, 0.29) is 11.5 Å². The number of benzene rings is 1. The molecule has 1 atom stereocenters. The Hall–Kier alpha value is -1.06. The Morgan fingerprint density at radius 1 is 1.25 bits per heavy atom. The van der Waals surface area contributed by atoms with E-state index in [9.17, 15) is 0 Å². The first kappa shape index (κ1) is 15.3. The third-order valence-electron chi connectivity index (χ3n) is 3.80. The van der Waals surface area contributed by atoms with E-state index in [0.29, 0.717) is 12.0 Å². The topological polar surface area (TPSA) is 30.5 Å². The lowest BCUT2D eigenvalue weighted by atomic mass is 9.72. The summed E-state index contributed by atoms with van der Waals surface area (Å²) < 4.78 is 5.69. The maximum Gasteiger partial charge on any atom is 0.124 e. The predicted molar refractivity (Wildman–Crippen MR) is 81.9 cm³/mol. The second-order valence-electron chi connectivity index (χ2n) is 7.56. The summed E-state index contributed by atoms with van der Waals surface area (Å²) in [6.45, 7) is 12.1. The lowest BCUT2D eigenvalue weighted by Crippen LogP contribution is -2.25. The van der Waals surface area contributed by atoms with Gasteiger partial charge < -0.3 is 9.57 Å². The first-order valence-electron chi connectivity index (χ1n) is 7.29. The van der Waals surface area contributed by atoms with Gasteiger partial charge in [-0.2, -0.15) is 5.48 Å². The maximum atomic E-state index is 5.69. The monoisotopic (exact) mass is 277 g/mol. The van der Waals surface area contributed by atoms with Gasteiger partial charge in [0.1, 0.15) is 12.4 Å². The van der Waals surface area contributed by atoms with Crippen LogP contribution >= 0.6 is 0 Å². The van der Waals surface area contributed by atoms with Crippen LogP contribution in [-0.2, 0) is 10.3 Å². The lowest BCUT2D eigenvalue weighted by molar-refractivity contribution is 0.0535. The smallest absolute Gasteiger partial charge is 0.124 e. The lowest BCUT2D eigenvalue weighted by Gasteiger charge is -2.33. The largest absolute Gasteiger partial charge is 0.491 e. The zero-order valence-electron chi connectivity index (χ0n) is 13.5. The summed E-state index contributed by atoms with van der Waals surface area (Å²) in [5.41, 5.74) is 6.02. The van der Waals surface area contributed by atoms with Gasteiger partial charge in [0.2, 0.25) is 0 Å². The molecule has 0 saturated carbocycles. The fourth-order valence-electron chi connectivity index (χ4n) is 3.30. The molecular formula is C17H27NO2. The van der Waals surface area contributed by atoms with Gasteiger partial charge in [-0.15, -0.1) is 0 Å². The molecule has 0 bridgehead atoms. The predicted octanol–water partition coefficient (Wildman–Crippen LogP) is 3.98. The molecule has 0 spiro atoms. The molecule has 1 aromatic rings. The third-order valence-corrected chi connectivity index (χ3v) is 3.80. The Bertz CT molecular complexity index is 472. The van der Waals surface area contributed by atoms with Gasteiger partial charge in [0, 0.05) is 5.56 Å². The van der Waals surface area contributed by atoms with E-state index in [4.69, 9.17) is 9.57 Å². The minimum atomic E-state index is 0.125. The molecule has 0 amide bonds. The molecule has 3 heteroatoms. The zero-order valence-corrected chi connectivity index (χ0v) is 13.5. The van der Waals surface area contributed by atoms with Crippen LogP contribution in [0.1, 0.15) is 58.2 Å². The van der Waals surface area contributed by atoms with Crippen LogP contribution < -0.4 is 10.2 Å². The van der Waals surface area contributed by atoms with E-state index >= 15 is 0 Å². The van der Waals surface area contributed by atoms with Crippen molar-refractivity contribution >= 4 is 0 Å².